The average molecular weight is 360 g/mol. The highest BCUT2D eigenvalue weighted by Gasteiger charge is 2.11. The van der Waals surface area contributed by atoms with Crippen molar-refractivity contribution in [2.75, 3.05) is 12.4 Å². The number of rotatable bonds is 5. The van der Waals surface area contributed by atoms with Gasteiger partial charge in [0.2, 0.25) is 5.88 Å². The molecule has 27 heavy (non-hydrogen) atoms. The number of H-pyrrole nitrogens is 1. The third-order valence-corrected chi connectivity index (χ3v) is 4.20. The molecule has 0 aliphatic rings. The van der Waals surface area contributed by atoms with Gasteiger partial charge in [0.15, 0.2) is 5.82 Å². The molecule has 4 rings (SSSR count). The van der Waals surface area contributed by atoms with Crippen molar-refractivity contribution in [3.8, 4) is 17.4 Å². The molecule has 4 aromatic rings. The number of aryl methyl sites for hydroxylation is 2. The molecule has 0 spiro atoms. The summed E-state index contributed by atoms with van der Waals surface area (Å²) in [4.78, 5) is 4.65. The SMILES string of the molecule is COc1ccc2c(Oc3ccc(C)cc3)nc(Nc3cc(C)[nH]n3)cc2c1. The molecule has 2 aromatic carbocycles. The molecule has 0 bridgehead atoms. The topological polar surface area (TPSA) is 72.1 Å². The van der Waals surface area contributed by atoms with Crippen LogP contribution < -0.4 is 14.8 Å². The van der Waals surface area contributed by atoms with Crippen LogP contribution in [-0.4, -0.2) is 22.3 Å². The summed E-state index contributed by atoms with van der Waals surface area (Å²) in [7, 11) is 1.65. The van der Waals surface area contributed by atoms with E-state index in [1.807, 2.05) is 68.4 Å². The van der Waals surface area contributed by atoms with Crippen LogP contribution in [-0.2, 0) is 0 Å². The fourth-order valence-electron chi connectivity index (χ4n) is 2.80. The zero-order chi connectivity index (χ0) is 18.8. The van der Waals surface area contributed by atoms with Crippen molar-refractivity contribution in [1.82, 2.24) is 15.2 Å². The van der Waals surface area contributed by atoms with Crippen molar-refractivity contribution in [2.24, 2.45) is 0 Å². The molecule has 0 saturated carbocycles. The number of methoxy groups -OCH3 is 1. The van der Waals surface area contributed by atoms with Gasteiger partial charge in [-0.15, -0.1) is 0 Å². The van der Waals surface area contributed by atoms with Gasteiger partial charge in [0, 0.05) is 17.1 Å². The highest BCUT2D eigenvalue weighted by Crippen LogP contribution is 2.33. The number of nitrogens with one attached hydrogen (secondary N) is 2. The van der Waals surface area contributed by atoms with Crippen molar-refractivity contribution < 1.29 is 9.47 Å². The first-order valence-corrected chi connectivity index (χ1v) is 8.63. The smallest absolute Gasteiger partial charge is 0.229 e. The van der Waals surface area contributed by atoms with Gasteiger partial charge in [0.1, 0.15) is 17.3 Å². The van der Waals surface area contributed by atoms with Gasteiger partial charge in [-0.3, -0.25) is 5.10 Å². The molecule has 2 N–H and O–H groups in total. The largest absolute Gasteiger partial charge is 0.497 e. The first-order chi connectivity index (χ1) is 13.1. The van der Waals surface area contributed by atoms with Crippen LogP contribution in [0.3, 0.4) is 0 Å². The lowest BCUT2D eigenvalue weighted by Crippen LogP contribution is -1.97. The van der Waals surface area contributed by atoms with Crippen LogP contribution in [0.5, 0.6) is 17.4 Å². The highest BCUT2D eigenvalue weighted by molar-refractivity contribution is 5.90. The van der Waals surface area contributed by atoms with Gasteiger partial charge in [0.05, 0.1) is 7.11 Å². The van der Waals surface area contributed by atoms with Crippen LogP contribution in [0.2, 0.25) is 0 Å². The summed E-state index contributed by atoms with van der Waals surface area (Å²) < 4.78 is 11.4. The summed E-state index contributed by atoms with van der Waals surface area (Å²) in [6, 6.07) is 17.6. The van der Waals surface area contributed by atoms with Gasteiger partial charge in [-0.25, -0.2) is 0 Å². The third-order valence-electron chi connectivity index (χ3n) is 4.20. The van der Waals surface area contributed by atoms with E-state index in [4.69, 9.17) is 9.47 Å². The minimum absolute atomic E-state index is 0.522. The van der Waals surface area contributed by atoms with Gasteiger partial charge >= 0.3 is 0 Å². The quantitative estimate of drug-likeness (QED) is 0.517. The van der Waals surface area contributed by atoms with Crippen LogP contribution in [0.15, 0.2) is 54.6 Å². The summed E-state index contributed by atoms with van der Waals surface area (Å²) in [5, 5.41) is 12.2. The van der Waals surface area contributed by atoms with E-state index in [1.165, 1.54) is 5.56 Å². The summed E-state index contributed by atoms with van der Waals surface area (Å²) in [5.41, 5.74) is 2.14. The van der Waals surface area contributed by atoms with Crippen LogP contribution >= 0.6 is 0 Å². The van der Waals surface area contributed by atoms with E-state index < -0.39 is 0 Å². The number of aromatic nitrogens is 3. The van der Waals surface area contributed by atoms with Crippen molar-refractivity contribution in [1.29, 1.82) is 0 Å². The molecule has 0 amide bonds. The van der Waals surface area contributed by atoms with Gasteiger partial charge in [0.25, 0.3) is 0 Å². The Bertz CT molecular complexity index is 1090. The van der Waals surface area contributed by atoms with Crippen LogP contribution in [0.1, 0.15) is 11.3 Å². The zero-order valence-corrected chi connectivity index (χ0v) is 15.4. The van der Waals surface area contributed by atoms with Crippen LogP contribution in [0.4, 0.5) is 11.6 Å². The number of hydrogen-bond acceptors (Lipinski definition) is 5. The lowest BCUT2D eigenvalue weighted by molar-refractivity contribution is 0.415. The van der Waals surface area contributed by atoms with E-state index in [0.29, 0.717) is 17.5 Å². The lowest BCUT2D eigenvalue weighted by Gasteiger charge is -2.12. The maximum absolute atomic E-state index is 6.08. The number of ether oxygens (including phenoxy) is 2. The van der Waals surface area contributed by atoms with Crippen LogP contribution in [0, 0.1) is 13.8 Å². The molecule has 0 atom stereocenters. The Hall–Kier alpha value is -3.54. The fraction of sp³-hybridized carbons (Fsp3) is 0.143. The molecule has 0 aliphatic heterocycles. The molecular formula is C21H20N4O2. The number of anilines is 2. The van der Waals surface area contributed by atoms with Crippen molar-refractivity contribution in [3.05, 3.63) is 65.9 Å². The molecule has 2 heterocycles. The van der Waals surface area contributed by atoms with Crippen molar-refractivity contribution >= 4 is 22.4 Å². The lowest BCUT2D eigenvalue weighted by atomic mass is 10.1. The van der Waals surface area contributed by atoms with Crippen LogP contribution in [0.25, 0.3) is 10.8 Å². The van der Waals surface area contributed by atoms with Gasteiger partial charge < -0.3 is 14.8 Å². The Morgan fingerprint density at radius 1 is 0.889 bits per heavy atom. The predicted octanol–water partition coefficient (Wildman–Crippen LogP) is 5.12. The summed E-state index contributed by atoms with van der Waals surface area (Å²) in [6.07, 6.45) is 0. The number of nitrogens with zero attached hydrogens (tertiary/aromatic N) is 2. The standard InChI is InChI=1S/C21H20N4O2/c1-13-4-6-16(7-5-13)27-21-18-9-8-17(26-3)11-15(18)12-19(23-21)22-20-10-14(2)24-25-20/h4-12H,1-3H3,(H2,22,23,24,25). The number of hydrogen-bond donors (Lipinski definition) is 2. The van der Waals surface area contributed by atoms with Crippen molar-refractivity contribution in [3.63, 3.8) is 0 Å². The Labute approximate surface area is 157 Å². The Morgan fingerprint density at radius 3 is 2.37 bits per heavy atom. The summed E-state index contributed by atoms with van der Waals surface area (Å²) in [5.74, 6) is 3.37. The average Bonchev–Trinajstić information content (AvgIpc) is 3.07. The maximum Gasteiger partial charge on any atom is 0.229 e. The molecule has 136 valence electrons. The van der Waals surface area contributed by atoms with E-state index in [9.17, 15) is 0 Å². The number of benzene rings is 2. The Morgan fingerprint density at radius 2 is 1.67 bits per heavy atom. The first kappa shape index (κ1) is 16.9. The van der Waals surface area contributed by atoms with Crippen molar-refractivity contribution in [2.45, 2.75) is 13.8 Å². The van der Waals surface area contributed by atoms with Gasteiger partial charge in [-0.2, -0.15) is 10.1 Å². The summed E-state index contributed by atoms with van der Waals surface area (Å²) >= 11 is 0. The zero-order valence-electron chi connectivity index (χ0n) is 15.4. The number of pyridine rings is 1. The van der Waals surface area contributed by atoms with E-state index in [2.05, 4.69) is 20.5 Å². The van der Waals surface area contributed by atoms with Gasteiger partial charge in [-0.05, 0) is 55.6 Å². The third kappa shape index (κ3) is 3.69. The maximum atomic E-state index is 6.08. The summed E-state index contributed by atoms with van der Waals surface area (Å²) in [6.45, 7) is 3.99. The van der Waals surface area contributed by atoms with E-state index in [1.54, 1.807) is 7.11 Å². The van der Waals surface area contributed by atoms with E-state index in [-0.39, 0.29) is 0 Å². The molecular weight excluding hydrogens is 340 g/mol. The molecule has 2 aromatic heterocycles. The molecule has 0 fully saturated rings. The monoisotopic (exact) mass is 360 g/mol. The highest BCUT2D eigenvalue weighted by atomic mass is 16.5. The number of aromatic amines is 1. The molecule has 6 heteroatoms. The fourth-order valence-corrected chi connectivity index (χ4v) is 2.80. The molecule has 0 radical (unpaired) electrons. The Kier molecular flexibility index (Phi) is 4.38. The number of fused-ring (bicyclic) bond motifs is 1. The second-order valence-corrected chi connectivity index (χ2v) is 6.38. The van der Waals surface area contributed by atoms with E-state index in [0.717, 1.165) is 28.0 Å². The first-order valence-electron chi connectivity index (χ1n) is 8.63. The minimum atomic E-state index is 0.522. The molecule has 0 aliphatic carbocycles. The van der Waals surface area contributed by atoms with Gasteiger partial charge in [-0.1, -0.05) is 17.7 Å². The predicted molar refractivity (Wildman–Crippen MR) is 106 cm³/mol. The van der Waals surface area contributed by atoms with E-state index >= 15 is 0 Å². The normalized spacial score (nSPS) is 10.8. The minimum Gasteiger partial charge on any atom is -0.497 e. The molecule has 0 saturated heterocycles. The second-order valence-electron chi connectivity index (χ2n) is 6.38. The Balaban J connectivity index is 1.77. The molecule has 0 unspecified atom stereocenters. The molecule has 6 nitrogen and oxygen atoms in total. The second kappa shape index (κ2) is 6.99.